The zero-order valence-electron chi connectivity index (χ0n) is 15.9. The second-order valence-corrected chi connectivity index (χ2v) is 9.32. The van der Waals surface area contributed by atoms with Gasteiger partial charge in [-0.2, -0.15) is 0 Å². The number of nitrogens with zero attached hydrogens (tertiary/aromatic N) is 4. The number of aromatic nitrogens is 5. The highest BCUT2D eigenvalue weighted by Gasteiger charge is 2.23. The molecule has 0 saturated carbocycles. The zero-order chi connectivity index (χ0) is 19.8. The first kappa shape index (κ1) is 18.5. The monoisotopic (exact) mass is 424 g/mol. The van der Waals surface area contributed by atoms with Crippen molar-refractivity contribution < 1.29 is 4.79 Å². The van der Waals surface area contributed by atoms with Crippen LogP contribution in [0.3, 0.4) is 0 Å². The number of para-hydroxylation sites is 1. The summed E-state index contributed by atoms with van der Waals surface area (Å²) in [6, 6.07) is 7.91. The normalized spacial score (nSPS) is 14.8. The molecular weight excluding hydrogens is 404 g/mol. The van der Waals surface area contributed by atoms with E-state index >= 15 is 0 Å². The average molecular weight is 425 g/mol. The molecule has 0 fully saturated rings. The molecule has 0 aliphatic heterocycles. The van der Waals surface area contributed by atoms with E-state index in [0.29, 0.717) is 22.4 Å². The number of carbonyl (C=O) groups excluding carboxylic acids is 1. The maximum Gasteiger partial charge on any atom is 0.239 e. The Labute approximate surface area is 175 Å². The number of carbonyl (C=O) groups is 1. The second kappa shape index (κ2) is 7.72. The lowest BCUT2D eigenvalue weighted by Crippen LogP contribution is -2.24. The van der Waals surface area contributed by atoms with Gasteiger partial charge in [0.05, 0.1) is 10.9 Å². The van der Waals surface area contributed by atoms with E-state index in [2.05, 4.69) is 30.5 Å². The first-order valence-electron chi connectivity index (χ1n) is 9.78. The molecule has 0 radical (unpaired) electrons. The van der Waals surface area contributed by atoms with E-state index in [1.807, 2.05) is 31.2 Å². The number of hydrogen-bond acceptors (Lipinski definition) is 7. The van der Waals surface area contributed by atoms with Gasteiger partial charge in [0.15, 0.2) is 10.8 Å². The molecule has 0 spiro atoms. The van der Waals surface area contributed by atoms with E-state index in [1.54, 1.807) is 11.3 Å². The lowest BCUT2D eigenvalue weighted by Gasteiger charge is -2.11. The van der Waals surface area contributed by atoms with Crippen LogP contribution in [0.1, 0.15) is 36.8 Å². The molecule has 9 heteroatoms. The number of amides is 1. The van der Waals surface area contributed by atoms with Gasteiger partial charge in [0.1, 0.15) is 5.52 Å². The summed E-state index contributed by atoms with van der Waals surface area (Å²) < 4.78 is 0. The summed E-state index contributed by atoms with van der Waals surface area (Å²) in [7, 11) is 0. The number of H-pyrrole nitrogens is 1. The van der Waals surface area contributed by atoms with E-state index in [4.69, 9.17) is 0 Å². The van der Waals surface area contributed by atoms with Crippen molar-refractivity contribution in [3.05, 3.63) is 34.8 Å². The fraction of sp³-hybridized carbons (Fsp3) is 0.350. The van der Waals surface area contributed by atoms with Gasteiger partial charge in [-0.15, -0.1) is 21.5 Å². The van der Waals surface area contributed by atoms with Gasteiger partial charge < -0.3 is 10.3 Å². The molecule has 7 nitrogen and oxygen atoms in total. The molecule has 1 atom stereocenters. The number of rotatable bonds is 5. The summed E-state index contributed by atoms with van der Waals surface area (Å²) in [5, 5.41) is 13.5. The highest BCUT2D eigenvalue weighted by atomic mass is 32.2. The number of thioether (sulfide) groups is 1. The van der Waals surface area contributed by atoms with Crippen LogP contribution in [0.4, 0.5) is 5.13 Å². The summed E-state index contributed by atoms with van der Waals surface area (Å²) in [6.07, 6.45) is 5.13. The number of hydrogen-bond donors (Lipinski definition) is 2. The Morgan fingerprint density at radius 1 is 1.24 bits per heavy atom. The molecule has 1 aromatic carbocycles. The number of anilines is 1. The molecule has 148 valence electrons. The molecule has 2 N–H and O–H groups in total. The Hall–Kier alpha value is -2.52. The van der Waals surface area contributed by atoms with Gasteiger partial charge in [-0.05, 0) is 38.2 Å². The molecule has 1 aliphatic rings. The Kier molecular flexibility index (Phi) is 4.92. The van der Waals surface area contributed by atoms with Crippen LogP contribution in [0.15, 0.2) is 29.4 Å². The van der Waals surface area contributed by atoms with Crippen molar-refractivity contribution in [2.24, 2.45) is 0 Å². The maximum absolute atomic E-state index is 12.8. The number of thiazole rings is 1. The zero-order valence-corrected chi connectivity index (χ0v) is 17.6. The van der Waals surface area contributed by atoms with Gasteiger partial charge >= 0.3 is 0 Å². The molecule has 29 heavy (non-hydrogen) atoms. The molecule has 1 amide bonds. The highest BCUT2D eigenvalue weighted by Crippen LogP contribution is 2.31. The average Bonchev–Trinajstić information content (AvgIpc) is 3.31. The minimum absolute atomic E-state index is 0.0658. The van der Waals surface area contributed by atoms with Crippen molar-refractivity contribution in [1.29, 1.82) is 0 Å². The minimum Gasteiger partial charge on any atom is -0.338 e. The number of aryl methyl sites for hydroxylation is 2. The number of fused-ring (bicyclic) bond motifs is 4. The first-order valence-corrected chi connectivity index (χ1v) is 11.5. The topological polar surface area (TPSA) is 96.5 Å². The first-order chi connectivity index (χ1) is 14.2. The van der Waals surface area contributed by atoms with Crippen molar-refractivity contribution in [3.63, 3.8) is 0 Å². The van der Waals surface area contributed by atoms with Crippen LogP contribution < -0.4 is 5.32 Å². The predicted octanol–water partition coefficient (Wildman–Crippen LogP) is 4.35. The Bertz CT molecular complexity index is 1180. The van der Waals surface area contributed by atoms with Gasteiger partial charge in [-0.3, -0.25) is 4.79 Å². The van der Waals surface area contributed by atoms with E-state index in [-0.39, 0.29) is 11.2 Å². The molecule has 5 rings (SSSR count). The number of nitrogens with one attached hydrogen (secondary N) is 2. The standard InChI is InChI=1S/C20H20N6OS2/c1-2-14(18(27)24-19-22-13-9-5-6-10-15(13)29-19)28-20-23-17-16(25-26-20)11-7-3-4-8-12(11)21-17/h3-4,7-8,14H,2,5-6,9-10H2,1H3,(H,21,23,26)(H,22,24,27)/t14-/m0/s1. The summed E-state index contributed by atoms with van der Waals surface area (Å²) in [5.41, 5.74) is 3.56. The number of benzene rings is 1. The van der Waals surface area contributed by atoms with E-state index in [9.17, 15) is 4.79 Å². The van der Waals surface area contributed by atoms with Crippen molar-refractivity contribution in [2.75, 3.05) is 5.32 Å². The van der Waals surface area contributed by atoms with Crippen molar-refractivity contribution in [3.8, 4) is 0 Å². The van der Waals surface area contributed by atoms with Crippen LogP contribution in [-0.4, -0.2) is 36.3 Å². The second-order valence-electron chi connectivity index (χ2n) is 7.06. The van der Waals surface area contributed by atoms with Crippen molar-refractivity contribution in [2.45, 2.75) is 49.4 Å². The quantitative estimate of drug-likeness (QED) is 0.462. The van der Waals surface area contributed by atoms with Crippen LogP contribution in [0.2, 0.25) is 0 Å². The Morgan fingerprint density at radius 2 is 2.10 bits per heavy atom. The molecule has 0 bridgehead atoms. The molecular formula is C20H20N6OS2. The molecule has 3 aromatic heterocycles. The van der Waals surface area contributed by atoms with Crippen molar-refractivity contribution >= 4 is 56.2 Å². The smallest absolute Gasteiger partial charge is 0.239 e. The van der Waals surface area contributed by atoms with Crippen LogP contribution >= 0.6 is 23.1 Å². The van der Waals surface area contributed by atoms with Gasteiger partial charge in [0, 0.05) is 15.8 Å². The van der Waals surface area contributed by atoms with Crippen LogP contribution in [-0.2, 0) is 17.6 Å². The van der Waals surface area contributed by atoms with Gasteiger partial charge in [0.2, 0.25) is 11.1 Å². The molecule has 0 unspecified atom stereocenters. The summed E-state index contributed by atoms with van der Waals surface area (Å²) >= 11 is 2.94. The highest BCUT2D eigenvalue weighted by molar-refractivity contribution is 8.00. The Balaban J connectivity index is 1.34. The van der Waals surface area contributed by atoms with E-state index in [1.165, 1.54) is 29.5 Å². The molecule has 1 aliphatic carbocycles. The molecule has 0 saturated heterocycles. The van der Waals surface area contributed by atoms with Crippen LogP contribution in [0.25, 0.3) is 22.1 Å². The van der Waals surface area contributed by atoms with Crippen LogP contribution in [0.5, 0.6) is 0 Å². The van der Waals surface area contributed by atoms with Gasteiger partial charge in [-0.1, -0.05) is 36.9 Å². The van der Waals surface area contributed by atoms with Crippen molar-refractivity contribution in [1.82, 2.24) is 25.1 Å². The lowest BCUT2D eigenvalue weighted by molar-refractivity contribution is -0.115. The summed E-state index contributed by atoms with van der Waals surface area (Å²) in [5.74, 6) is -0.0658. The van der Waals surface area contributed by atoms with E-state index < -0.39 is 0 Å². The fourth-order valence-electron chi connectivity index (χ4n) is 3.60. The summed E-state index contributed by atoms with van der Waals surface area (Å²) in [6.45, 7) is 1.99. The minimum atomic E-state index is -0.306. The molecule has 4 aromatic rings. The van der Waals surface area contributed by atoms with Crippen LogP contribution in [0, 0.1) is 0 Å². The molecule has 3 heterocycles. The fourth-order valence-corrected chi connectivity index (χ4v) is 5.47. The van der Waals surface area contributed by atoms with Gasteiger partial charge in [0.25, 0.3) is 0 Å². The Morgan fingerprint density at radius 3 is 2.97 bits per heavy atom. The third kappa shape index (κ3) is 3.60. The SMILES string of the molecule is CC[C@H](Sc1nnc2c(n1)[nH]c1ccccc12)C(=O)Nc1nc2c(s1)CCCC2. The predicted molar refractivity (Wildman–Crippen MR) is 117 cm³/mol. The van der Waals surface area contributed by atoms with Gasteiger partial charge in [-0.25, -0.2) is 9.97 Å². The largest absolute Gasteiger partial charge is 0.338 e. The number of aromatic amines is 1. The third-order valence-corrected chi connectivity index (χ3v) is 7.38. The van der Waals surface area contributed by atoms with E-state index in [0.717, 1.165) is 35.0 Å². The summed E-state index contributed by atoms with van der Waals surface area (Å²) in [4.78, 5) is 26.6. The lowest BCUT2D eigenvalue weighted by atomic mass is 10.0. The third-order valence-electron chi connectivity index (χ3n) is 5.09. The maximum atomic E-state index is 12.8.